The quantitative estimate of drug-likeness (QED) is 0.401. The smallest absolute Gasteiger partial charge is 0.330 e. The largest absolute Gasteiger partial charge is 0.451 e. The summed E-state index contributed by atoms with van der Waals surface area (Å²) in [5.74, 6) is -1.37. The van der Waals surface area contributed by atoms with Gasteiger partial charge in [0.25, 0.3) is 11.5 Å². The molecule has 10 heteroatoms. The van der Waals surface area contributed by atoms with Crippen molar-refractivity contribution in [1.29, 1.82) is 0 Å². The molecule has 0 fully saturated rings. The van der Waals surface area contributed by atoms with Crippen molar-refractivity contribution >= 4 is 17.4 Å². The molecule has 0 saturated carbocycles. The van der Waals surface area contributed by atoms with Crippen LogP contribution < -0.4 is 21.9 Å². The Morgan fingerprint density at radius 3 is 2.51 bits per heavy atom. The van der Waals surface area contributed by atoms with Crippen LogP contribution in [0.1, 0.15) is 16.1 Å². The molecule has 35 heavy (non-hydrogen) atoms. The van der Waals surface area contributed by atoms with Gasteiger partial charge < -0.3 is 14.9 Å². The minimum atomic E-state index is -0.827. The molecule has 0 radical (unpaired) electrons. The number of H-pyrrole nitrogens is 1. The maximum Gasteiger partial charge on any atom is 0.330 e. The Kier molecular flexibility index (Phi) is 6.93. The number of nitrogens with two attached hydrogens (primary N) is 1. The van der Waals surface area contributed by atoms with Crippen molar-refractivity contribution in [3.05, 3.63) is 105 Å². The van der Waals surface area contributed by atoms with Crippen LogP contribution in [0.15, 0.2) is 80.7 Å². The number of methoxy groups -OCH3 is 1. The van der Waals surface area contributed by atoms with Gasteiger partial charge >= 0.3 is 5.69 Å². The molecule has 2 aromatic heterocycles. The van der Waals surface area contributed by atoms with Gasteiger partial charge in [-0.2, -0.15) is 0 Å². The van der Waals surface area contributed by atoms with Gasteiger partial charge in [-0.3, -0.25) is 24.0 Å². The number of amides is 1. The number of nitrogens with zero attached hydrogens (tertiary/aromatic N) is 2. The number of aromatic nitrogens is 2. The van der Waals surface area contributed by atoms with Gasteiger partial charge in [-0.1, -0.05) is 42.5 Å². The van der Waals surface area contributed by atoms with Crippen molar-refractivity contribution in [1.82, 2.24) is 9.55 Å². The lowest BCUT2D eigenvalue weighted by Crippen LogP contribution is -2.41. The summed E-state index contributed by atoms with van der Waals surface area (Å²) in [6.45, 7) is 0.189. The number of carbonyl (C=O) groups is 1. The molecule has 2 heterocycles. The third-order valence-electron chi connectivity index (χ3n) is 5.39. The maximum absolute atomic E-state index is 14.2. The first-order chi connectivity index (χ1) is 16.9. The molecule has 0 bridgehead atoms. The molecular weight excluding hydrogens is 455 g/mol. The van der Waals surface area contributed by atoms with E-state index in [0.717, 1.165) is 9.47 Å². The number of rotatable bonds is 8. The minimum Gasteiger partial charge on any atom is -0.451 e. The Balaban J connectivity index is 1.81. The lowest BCUT2D eigenvalue weighted by atomic mass is 10.1. The number of carbonyl (C=O) groups excluding carboxylic acids is 1. The van der Waals surface area contributed by atoms with Crippen molar-refractivity contribution < 1.29 is 18.3 Å². The Morgan fingerprint density at radius 1 is 1.09 bits per heavy atom. The number of benzene rings is 2. The molecular formula is C25H23FN4O5. The van der Waals surface area contributed by atoms with Crippen LogP contribution in [0, 0.1) is 5.82 Å². The van der Waals surface area contributed by atoms with E-state index in [1.165, 1.54) is 31.4 Å². The fourth-order valence-electron chi connectivity index (χ4n) is 3.65. The van der Waals surface area contributed by atoms with Gasteiger partial charge in [0.05, 0.1) is 25.3 Å². The Hall–Kier alpha value is -4.44. The molecule has 2 aromatic carbocycles. The average molecular weight is 478 g/mol. The first kappa shape index (κ1) is 23.7. The zero-order valence-electron chi connectivity index (χ0n) is 18.9. The van der Waals surface area contributed by atoms with Gasteiger partial charge in [0, 0.05) is 7.11 Å². The highest BCUT2D eigenvalue weighted by atomic mass is 19.1. The third-order valence-corrected chi connectivity index (χ3v) is 5.39. The first-order valence-corrected chi connectivity index (χ1v) is 10.7. The van der Waals surface area contributed by atoms with Crippen LogP contribution in [0.5, 0.6) is 0 Å². The molecule has 0 unspecified atom stereocenters. The first-order valence-electron chi connectivity index (χ1n) is 10.7. The van der Waals surface area contributed by atoms with Gasteiger partial charge in [0.2, 0.25) is 0 Å². The fraction of sp³-hybridized carbons (Fsp3) is 0.160. The summed E-state index contributed by atoms with van der Waals surface area (Å²) < 4.78 is 26.0. The average Bonchev–Trinajstić information content (AvgIpc) is 3.34. The van der Waals surface area contributed by atoms with Gasteiger partial charge in [0.1, 0.15) is 17.4 Å². The van der Waals surface area contributed by atoms with Crippen LogP contribution in [0.3, 0.4) is 0 Å². The van der Waals surface area contributed by atoms with Crippen LogP contribution in [0.4, 0.5) is 15.9 Å². The standard InChI is InChI=1S/C25H23FN4O5/c1-34-14-13-29-22(27)21(23(31)28-25(29)33)30(15-16-7-3-2-4-8-16)24(32)20-12-11-19(35-20)17-9-5-6-10-18(17)26/h2-12H,13-15,27H2,1H3,(H,28,31,33). The number of hydrogen-bond acceptors (Lipinski definition) is 6. The molecule has 1 amide bonds. The SMILES string of the molecule is COCCn1c(N)c(N(Cc2ccccc2)C(=O)c2ccc(-c3ccccc3F)o2)c(=O)[nH]c1=O. The van der Waals surface area contributed by atoms with E-state index in [0.29, 0.717) is 5.56 Å². The van der Waals surface area contributed by atoms with Crippen molar-refractivity contribution in [2.45, 2.75) is 13.1 Å². The lowest BCUT2D eigenvalue weighted by Gasteiger charge is -2.24. The zero-order valence-corrected chi connectivity index (χ0v) is 18.9. The molecule has 0 aliphatic rings. The van der Waals surface area contributed by atoms with Crippen molar-refractivity contribution in [3.63, 3.8) is 0 Å². The Labute approximate surface area is 199 Å². The summed E-state index contributed by atoms with van der Waals surface area (Å²) >= 11 is 0. The second-order valence-electron chi connectivity index (χ2n) is 7.66. The number of ether oxygens (including phenoxy) is 1. The zero-order chi connectivity index (χ0) is 24.9. The van der Waals surface area contributed by atoms with Crippen molar-refractivity contribution in [2.24, 2.45) is 0 Å². The second-order valence-corrected chi connectivity index (χ2v) is 7.66. The highest BCUT2D eigenvalue weighted by Crippen LogP contribution is 2.27. The number of nitrogen functional groups attached to an aromatic ring is 1. The monoisotopic (exact) mass is 478 g/mol. The molecule has 3 N–H and O–H groups in total. The molecule has 4 rings (SSSR count). The molecule has 4 aromatic rings. The van der Waals surface area contributed by atoms with Crippen LogP contribution in [-0.4, -0.2) is 29.2 Å². The summed E-state index contributed by atoms with van der Waals surface area (Å²) in [6.07, 6.45) is 0. The van der Waals surface area contributed by atoms with Crippen LogP contribution >= 0.6 is 0 Å². The van der Waals surface area contributed by atoms with E-state index in [2.05, 4.69) is 4.98 Å². The van der Waals surface area contributed by atoms with Crippen LogP contribution in [0.25, 0.3) is 11.3 Å². The Morgan fingerprint density at radius 2 is 1.80 bits per heavy atom. The molecule has 0 spiro atoms. The number of halogens is 1. The number of furan rings is 1. The molecule has 0 aliphatic heterocycles. The number of nitrogens with one attached hydrogen (secondary N) is 1. The third kappa shape index (κ3) is 4.92. The molecule has 0 atom stereocenters. The van der Waals surface area contributed by atoms with Crippen molar-refractivity contribution in [2.75, 3.05) is 24.4 Å². The van der Waals surface area contributed by atoms with Crippen LogP contribution in [-0.2, 0) is 17.8 Å². The van der Waals surface area contributed by atoms with E-state index in [1.54, 1.807) is 36.4 Å². The molecule has 9 nitrogen and oxygen atoms in total. The predicted octanol–water partition coefficient (Wildman–Crippen LogP) is 3.01. The Bertz CT molecular complexity index is 1460. The van der Waals surface area contributed by atoms with Gasteiger partial charge in [-0.25, -0.2) is 9.18 Å². The molecule has 180 valence electrons. The molecule has 0 saturated heterocycles. The van der Waals surface area contributed by atoms with Crippen molar-refractivity contribution in [3.8, 4) is 11.3 Å². The number of hydrogen-bond donors (Lipinski definition) is 2. The van der Waals surface area contributed by atoms with E-state index in [9.17, 15) is 18.8 Å². The fourth-order valence-corrected chi connectivity index (χ4v) is 3.65. The summed E-state index contributed by atoms with van der Waals surface area (Å²) in [6, 6.07) is 17.8. The maximum atomic E-state index is 14.2. The summed E-state index contributed by atoms with van der Waals surface area (Å²) in [4.78, 5) is 42.2. The van der Waals surface area contributed by atoms with Crippen LogP contribution in [0.2, 0.25) is 0 Å². The van der Waals surface area contributed by atoms with E-state index in [-0.39, 0.29) is 48.3 Å². The van der Waals surface area contributed by atoms with Gasteiger partial charge in [-0.15, -0.1) is 0 Å². The summed E-state index contributed by atoms with van der Waals surface area (Å²) in [5, 5.41) is 0. The normalized spacial score (nSPS) is 10.9. The second kappa shape index (κ2) is 10.2. The van der Waals surface area contributed by atoms with E-state index in [4.69, 9.17) is 14.9 Å². The molecule has 0 aliphatic carbocycles. The minimum absolute atomic E-state index is 0.0365. The summed E-state index contributed by atoms with van der Waals surface area (Å²) in [5.41, 5.74) is 5.36. The lowest BCUT2D eigenvalue weighted by molar-refractivity contribution is 0.0958. The number of aromatic amines is 1. The van der Waals surface area contributed by atoms with E-state index >= 15 is 0 Å². The van der Waals surface area contributed by atoms with E-state index < -0.39 is 23.0 Å². The number of anilines is 2. The van der Waals surface area contributed by atoms with Gasteiger partial charge in [0.15, 0.2) is 11.4 Å². The highest BCUT2D eigenvalue weighted by molar-refractivity contribution is 6.05. The topological polar surface area (TPSA) is 124 Å². The van der Waals surface area contributed by atoms with E-state index in [1.807, 2.05) is 6.07 Å². The summed E-state index contributed by atoms with van der Waals surface area (Å²) in [7, 11) is 1.46. The predicted molar refractivity (Wildman–Crippen MR) is 129 cm³/mol. The highest BCUT2D eigenvalue weighted by Gasteiger charge is 2.28. The van der Waals surface area contributed by atoms with Gasteiger partial charge in [-0.05, 0) is 29.8 Å².